The molecule has 0 radical (unpaired) electrons. The Kier molecular flexibility index (Phi) is 6.77. The molecule has 2 aliphatic rings. The van der Waals surface area contributed by atoms with Crippen molar-refractivity contribution in [1.29, 1.82) is 0 Å². The van der Waals surface area contributed by atoms with E-state index in [4.69, 9.17) is 21.1 Å². The Hall–Kier alpha value is -1.35. The SMILES string of the molecule is C[C@H](NCCC1(NC(=O)C(F)(F)F)CCC2(CC1)OCCO2)c1ccc(Cl)cc1. The van der Waals surface area contributed by atoms with E-state index in [0.29, 0.717) is 56.9 Å². The summed E-state index contributed by atoms with van der Waals surface area (Å²) in [6.07, 6.45) is -2.89. The monoisotopic (exact) mass is 434 g/mol. The lowest BCUT2D eigenvalue weighted by molar-refractivity contribution is -0.193. The Balaban J connectivity index is 1.62. The van der Waals surface area contributed by atoms with Crippen LogP contribution >= 0.6 is 11.6 Å². The number of carbonyl (C=O) groups is 1. The Morgan fingerprint density at radius 1 is 1.14 bits per heavy atom. The van der Waals surface area contributed by atoms with Gasteiger partial charge in [0.15, 0.2) is 5.79 Å². The molecule has 5 nitrogen and oxygen atoms in total. The van der Waals surface area contributed by atoms with E-state index in [1.807, 2.05) is 19.1 Å². The van der Waals surface area contributed by atoms with E-state index < -0.39 is 23.4 Å². The summed E-state index contributed by atoms with van der Waals surface area (Å²) in [6.45, 7) is 3.40. The van der Waals surface area contributed by atoms with Gasteiger partial charge in [-0.15, -0.1) is 0 Å². The predicted molar refractivity (Wildman–Crippen MR) is 103 cm³/mol. The molecule has 0 bridgehead atoms. The predicted octanol–water partition coefficient (Wildman–Crippen LogP) is 4.12. The van der Waals surface area contributed by atoms with Gasteiger partial charge >= 0.3 is 12.1 Å². The van der Waals surface area contributed by atoms with Gasteiger partial charge in [0, 0.05) is 29.4 Å². The summed E-state index contributed by atoms with van der Waals surface area (Å²) in [5.74, 6) is -2.61. The number of halogens is 4. The van der Waals surface area contributed by atoms with Crippen LogP contribution < -0.4 is 10.6 Å². The number of ether oxygens (including phenoxy) is 2. The third-order valence-electron chi connectivity index (χ3n) is 5.84. The van der Waals surface area contributed by atoms with Gasteiger partial charge < -0.3 is 20.1 Å². The zero-order chi connectivity index (χ0) is 21.1. The van der Waals surface area contributed by atoms with Gasteiger partial charge in [-0.3, -0.25) is 4.79 Å². The first kappa shape index (κ1) is 22.3. The summed E-state index contributed by atoms with van der Waals surface area (Å²) >= 11 is 5.90. The molecule has 1 aliphatic carbocycles. The largest absolute Gasteiger partial charge is 0.471 e. The summed E-state index contributed by atoms with van der Waals surface area (Å²) in [5.41, 5.74) is 0.0815. The lowest BCUT2D eigenvalue weighted by Crippen LogP contribution is -2.57. The van der Waals surface area contributed by atoms with Crippen LogP contribution in [0.3, 0.4) is 0 Å². The van der Waals surface area contributed by atoms with Crippen LogP contribution in [0.5, 0.6) is 0 Å². The van der Waals surface area contributed by atoms with E-state index in [-0.39, 0.29) is 6.04 Å². The Morgan fingerprint density at radius 2 is 1.72 bits per heavy atom. The molecular formula is C20H26ClF3N2O3. The molecule has 3 rings (SSSR count). The van der Waals surface area contributed by atoms with Crippen LogP contribution in [0, 0.1) is 0 Å². The van der Waals surface area contributed by atoms with Crippen LogP contribution in [0.2, 0.25) is 5.02 Å². The van der Waals surface area contributed by atoms with Crippen molar-refractivity contribution in [3.63, 3.8) is 0 Å². The van der Waals surface area contributed by atoms with E-state index in [9.17, 15) is 18.0 Å². The second kappa shape index (κ2) is 8.79. The molecular weight excluding hydrogens is 409 g/mol. The maximum Gasteiger partial charge on any atom is 0.471 e. The van der Waals surface area contributed by atoms with E-state index >= 15 is 0 Å². The molecule has 0 aromatic heterocycles. The number of nitrogens with one attached hydrogen (secondary N) is 2. The lowest BCUT2D eigenvalue weighted by atomic mass is 9.76. The molecule has 1 aliphatic heterocycles. The van der Waals surface area contributed by atoms with Gasteiger partial charge in [0.2, 0.25) is 0 Å². The van der Waals surface area contributed by atoms with Crippen molar-refractivity contribution in [3.8, 4) is 0 Å². The number of amides is 1. The number of hydrogen-bond acceptors (Lipinski definition) is 4. The Labute approximate surface area is 173 Å². The van der Waals surface area contributed by atoms with Gasteiger partial charge in [0.05, 0.1) is 13.2 Å². The Morgan fingerprint density at radius 3 is 2.28 bits per heavy atom. The zero-order valence-electron chi connectivity index (χ0n) is 16.3. The molecule has 162 valence electrons. The first-order chi connectivity index (χ1) is 13.6. The topological polar surface area (TPSA) is 59.6 Å². The average Bonchev–Trinajstić information content (AvgIpc) is 3.13. The quantitative estimate of drug-likeness (QED) is 0.707. The van der Waals surface area contributed by atoms with Crippen molar-refractivity contribution >= 4 is 17.5 Å². The average molecular weight is 435 g/mol. The molecule has 29 heavy (non-hydrogen) atoms. The zero-order valence-corrected chi connectivity index (χ0v) is 17.0. The molecule has 1 aromatic rings. The van der Waals surface area contributed by atoms with Crippen LogP contribution in [-0.2, 0) is 14.3 Å². The second-order valence-corrected chi connectivity index (χ2v) is 8.25. The van der Waals surface area contributed by atoms with Gasteiger partial charge in [0.25, 0.3) is 0 Å². The molecule has 1 spiro atoms. The van der Waals surface area contributed by atoms with Crippen molar-refractivity contribution in [2.45, 2.75) is 62.6 Å². The normalized spacial score (nSPS) is 21.8. The standard InChI is InChI=1S/C20H26ClF3N2O3/c1-14(15-2-4-16(21)5-3-15)25-11-10-18(26-17(27)20(22,23)24)6-8-19(9-7-18)28-12-13-29-19/h2-5,14,25H,6-13H2,1H3,(H,26,27)/t14-/m0/s1. The molecule has 9 heteroatoms. The molecule has 1 aromatic carbocycles. The number of carbonyl (C=O) groups excluding carboxylic acids is 1. The summed E-state index contributed by atoms with van der Waals surface area (Å²) < 4.78 is 50.0. The number of hydrogen-bond donors (Lipinski definition) is 2. The minimum atomic E-state index is -4.91. The fourth-order valence-corrected chi connectivity index (χ4v) is 4.17. The number of rotatable bonds is 6. The van der Waals surface area contributed by atoms with Gasteiger partial charge in [-0.05, 0) is 50.4 Å². The molecule has 1 saturated heterocycles. The van der Waals surface area contributed by atoms with Crippen molar-refractivity contribution in [1.82, 2.24) is 10.6 Å². The third-order valence-corrected chi connectivity index (χ3v) is 6.09. The maximum atomic E-state index is 12.9. The fourth-order valence-electron chi connectivity index (χ4n) is 4.04. The van der Waals surface area contributed by atoms with Crippen LogP contribution in [-0.4, -0.2) is 43.2 Å². The van der Waals surface area contributed by atoms with Crippen LogP contribution in [0.1, 0.15) is 50.6 Å². The molecule has 2 N–H and O–H groups in total. The summed E-state index contributed by atoms with van der Waals surface area (Å²) in [6, 6.07) is 7.39. The highest BCUT2D eigenvalue weighted by atomic mass is 35.5. The van der Waals surface area contributed by atoms with Gasteiger partial charge in [-0.1, -0.05) is 23.7 Å². The molecule has 1 saturated carbocycles. The molecule has 2 fully saturated rings. The first-order valence-corrected chi connectivity index (χ1v) is 10.2. The molecule has 1 atom stereocenters. The highest BCUT2D eigenvalue weighted by Crippen LogP contribution is 2.42. The van der Waals surface area contributed by atoms with Gasteiger partial charge in [-0.2, -0.15) is 13.2 Å². The number of alkyl halides is 3. The fraction of sp³-hybridized carbons (Fsp3) is 0.650. The van der Waals surface area contributed by atoms with Gasteiger partial charge in [0.1, 0.15) is 0 Å². The minimum absolute atomic E-state index is 0.000865. The minimum Gasteiger partial charge on any atom is -0.348 e. The second-order valence-electron chi connectivity index (χ2n) is 7.82. The highest BCUT2D eigenvalue weighted by Gasteiger charge is 2.49. The summed E-state index contributed by atoms with van der Waals surface area (Å²) in [5, 5.41) is 6.23. The number of benzene rings is 1. The third kappa shape index (κ3) is 5.63. The van der Waals surface area contributed by atoms with Crippen LogP contribution in [0.15, 0.2) is 24.3 Å². The van der Waals surface area contributed by atoms with Crippen molar-refractivity contribution < 1.29 is 27.4 Å². The Bertz CT molecular complexity index is 696. The first-order valence-electron chi connectivity index (χ1n) is 9.79. The lowest BCUT2D eigenvalue weighted by Gasteiger charge is -2.44. The van der Waals surface area contributed by atoms with Crippen LogP contribution in [0.25, 0.3) is 0 Å². The van der Waals surface area contributed by atoms with Crippen molar-refractivity contribution in [2.75, 3.05) is 19.8 Å². The van der Waals surface area contributed by atoms with Crippen LogP contribution in [0.4, 0.5) is 13.2 Å². The van der Waals surface area contributed by atoms with E-state index in [1.54, 1.807) is 12.1 Å². The molecule has 0 unspecified atom stereocenters. The van der Waals surface area contributed by atoms with E-state index in [1.165, 1.54) is 0 Å². The highest BCUT2D eigenvalue weighted by molar-refractivity contribution is 6.30. The van der Waals surface area contributed by atoms with Crippen molar-refractivity contribution in [3.05, 3.63) is 34.9 Å². The molecule has 1 heterocycles. The van der Waals surface area contributed by atoms with Gasteiger partial charge in [-0.25, -0.2) is 0 Å². The van der Waals surface area contributed by atoms with Crippen molar-refractivity contribution in [2.24, 2.45) is 0 Å². The smallest absolute Gasteiger partial charge is 0.348 e. The summed E-state index contributed by atoms with van der Waals surface area (Å²) in [7, 11) is 0. The van der Waals surface area contributed by atoms with E-state index in [2.05, 4.69) is 10.6 Å². The summed E-state index contributed by atoms with van der Waals surface area (Å²) in [4.78, 5) is 11.7. The maximum absolute atomic E-state index is 12.9. The molecule has 1 amide bonds. The van der Waals surface area contributed by atoms with E-state index in [0.717, 1.165) is 5.56 Å².